The molecule has 2 aromatic carbocycles. The molecule has 2 aromatic rings. The lowest BCUT2D eigenvalue weighted by atomic mass is 10.0. The minimum atomic E-state index is -1.07. The third-order valence-corrected chi connectivity index (χ3v) is 3.46. The quantitative estimate of drug-likeness (QED) is 0.610. The summed E-state index contributed by atoms with van der Waals surface area (Å²) in [6.07, 6.45) is 0. The maximum absolute atomic E-state index is 13.5. The molecule has 0 aromatic heterocycles. The van der Waals surface area contributed by atoms with Gasteiger partial charge in [-0.15, -0.1) is 0 Å². The second-order valence-electron chi connectivity index (χ2n) is 4.01. The lowest BCUT2D eigenvalue weighted by Gasteiger charge is -2.07. The van der Waals surface area contributed by atoms with Crippen molar-refractivity contribution in [2.75, 3.05) is 6.61 Å². The van der Waals surface area contributed by atoms with E-state index in [2.05, 4.69) is 15.9 Å². The van der Waals surface area contributed by atoms with Crippen LogP contribution in [-0.2, 0) is 0 Å². The highest BCUT2D eigenvalue weighted by atomic mass is 79.9. The lowest BCUT2D eigenvalue weighted by molar-refractivity contribution is 0.103. The summed E-state index contributed by atoms with van der Waals surface area (Å²) in [6, 6.07) is 8.74. The Hall–Kier alpha value is -1.75. The number of rotatable bonds is 4. The van der Waals surface area contributed by atoms with Crippen molar-refractivity contribution < 1.29 is 18.3 Å². The average Bonchev–Trinajstić information content (AvgIpc) is 2.45. The Morgan fingerprint density at radius 3 is 2.70 bits per heavy atom. The van der Waals surface area contributed by atoms with Gasteiger partial charge in [0.1, 0.15) is 5.75 Å². The number of halogens is 3. The minimum absolute atomic E-state index is 0.0672. The SMILES string of the molecule is CCOc1cccc(C(=O)c2ccc(F)c(F)c2Br)c1. The largest absolute Gasteiger partial charge is 0.494 e. The van der Waals surface area contributed by atoms with E-state index in [9.17, 15) is 13.6 Å². The van der Waals surface area contributed by atoms with Gasteiger partial charge in [-0.25, -0.2) is 8.78 Å². The van der Waals surface area contributed by atoms with Crippen molar-refractivity contribution in [3.05, 3.63) is 63.6 Å². The predicted molar refractivity (Wildman–Crippen MR) is 75.1 cm³/mol. The van der Waals surface area contributed by atoms with Crippen molar-refractivity contribution in [2.45, 2.75) is 6.92 Å². The third-order valence-electron chi connectivity index (χ3n) is 2.69. The monoisotopic (exact) mass is 340 g/mol. The Morgan fingerprint density at radius 1 is 1.25 bits per heavy atom. The third kappa shape index (κ3) is 2.88. The molecule has 0 saturated carbocycles. The molecule has 0 unspecified atom stereocenters. The Balaban J connectivity index is 2.41. The summed E-state index contributed by atoms with van der Waals surface area (Å²) in [7, 11) is 0. The molecule has 104 valence electrons. The molecule has 0 aliphatic rings. The maximum atomic E-state index is 13.5. The van der Waals surface area contributed by atoms with Gasteiger partial charge in [0.15, 0.2) is 17.4 Å². The minimum Gasteiger partial charge on any atom is -0.494 e. The van der Waals surface area contributed by atoms with Gasteiger partial charge in [0.25, 0.3) is 0 Å². The molecule has 0 fully saturated rings. The van der Waals surface area contributed by atoms with E-state index >= 15 is 0 Å². The van der Waals surface area contributed by atoms with Gasteiger partial charge in [-0.2, -0.15) is 0 Å². The van der Waals surface area contributed by atoms with E-state index in [1.165, 1.54) is 6.07 Å². The number of hydrogen-bond acceptors (Lipinski definition) is 2. The van der Waals surface area contributed by atoms with Gasteiger partial charge in [-0.1, -0.05) is 12.1 Å². The summed E-state index contributed by atoms with van der Waals surface area (Å²) in [4.78, 5) is 12.3. The van der Waals surface area contributed by atoms with E-state index < -0.39 is 17.4 Å². The van der Waals surface area contributed by atoms with Gasteiger partial charge < -0.3 is 4.74 Å². The molecule has 0 N–H and O–H groups in total. The van der Waals surface area contributed by atoms with E-state index in [1.54, 1.807) is 24.3 Å². The highest BCUT2D eigenvalue weighted by molar-refractivity contribution is 9.10. The molecule has 0 heterocycles. The second kappa shape index (κ2) is 6.13. The topological polar surface area (TPSA) is 26.3 Å². The van der Waals surface area contributed by atoms with Gasteiger partial charge >= 0.3 is 0 Å². The summed E-state index contributed by atoms with van der Waals surface area (Å²) in [5.41, 5.74) is 0.417. The van der Waals surface area contributed by atoms with Gasteiger partial charge in [0.2, 0.25) is 0 Å². The van der Waals surface area contributed by atoms with E-state index in [0.29, 0.717) is 17.9 Å². The predicted octanol–water partition coefficient (Wildman–Crippen LogP) is 4.36. The van der Waals surface area contributed by atoms with Crippen molar-refractivity contribution in [3.8, 4) is 5.75 Å². The van der Waals surface area contributed by atoms with Crippen LogP contribution < -0.4 is 4.74 Å². The van der Waals surface area contributed by atoms with Gasteiger partial charge in [0.05, 0.1) is 11.1 Å². The molecule has 2 rings (SSSR count). The molecule has 0 radical (unpaired) electrons. The molecule has 0 saturated heterocycles. The summed E-state index contributed by atoms with van der Waals surface area (Å²) in [6.45, 7) is 2.31. The highest BCUT2D eigenvalue weighted by Gasteiger charge is 2.18. The zero-order valence-electron chi connectivity index (χ0n) is 10.6. The first-order chi connectivity index (χ1) is 9.54. The second-order valence-corrected chi connectivity index (χ2v) is 4.81. The van der Waals surface area contributed by atoms with Gasteiger partial charge in [-0.3, -0.25) is 4.79 Å². The van der Waals surface area contributed by atoms with Crippen LogP contribution in [0.25, 0.3) is 0 Å². The zero-order chi connectivity index (χ0) is 14.7. The standard InChI is InChI=1S/C15H11BrF2O2/c1-2-20-10-5-3-4-9(8-10)15(19)11-6-7-12(17)14(18)13(11)16/h3-8H,2H2,1H3. The summed E-state index contributed by atoms with van der Waals surface area (Å²) >= 11 is 2.91. The number of ether oxygens (including phenoxy) is 1. The molecule has 0 bridgehead atoms. The molecular weight excluding hydrogens is 330 g/mol. The number of carbonyl (C=O) groups excluding carboxylic acids is 1. The molecule has 20 heavy (non-hydrogen) atoms. The van der Waals surface area contributed by atoms with Crippen LogP contribution in [0.4, 0.5) is 8.78 Å². The van der Waals surface area contributed by atoms with Crippen LogP contribution in [0.3, 0.4) is 0 Å². The molecule has 2 nitrogen and oxygen atoms in total. The summed E-state index contributed by atoms with van der Waals surface area (Å²) < 4.78 is 31.7. The Morgan fingerprint density at radius 2 is 2.00 bits per heavy atom. The number of carbonyl (C=O) groups is 1. The van der Waals surface area contributed by atoms with Gasteiger partial charge in [0, 0.05) is 11.1 Å². The Bertz CT molecular complexity index is 656. The fourth-order valence-electron chi connectivity index (χ4n) is 1.75. The smallest absolute Gasteiger partial charge is 0.194 e. The summed E-state index contributed by atoms with van der Waals surface area (Å²) in [5.74, 6) is -1.93. The molecule has 0 atom stereocenters. The maximum Gasteiger partial charge on any atom is 0.194 e. The van der Waals surface area contributed by atoms with Crippen molar-refractivity contribution in [1.82, 2.24) is 0 Å². The first kappa shape index (κ1) is 14.7. The summed E-state index contributed by atoms with van der Waals surface area (Å²) in [5, 5.41) is 0. The Kier molecular flexibility index (Phi) is 4.49. The zero-order valence-corrected chi connectivity index (χ0v) is 12.2. The van der Waals surface area contributed by atoms with Crippen molar-refractivity contribution >= 4 is 21.7 Å². The van der Waals surface area contributed by atoms with Crippen LogP contribution in [0.1, 0.15) is 22.8 Å². The molecule has 5 heteroatoms. The van der Waals surface area contributed by atoms with E-state index in [0.717, 1.165) is 6.07 Å². The van der Waals surface area contributed by atoms with Crippen molar-refractivity contribution in [2.24, 2.45) is 0 Å². The van der Waals surface area contributed by atoms with Crippen LogP contribution in [0.5, 0.6) is 5.75 Å². The highest BCUT2D eigenvalue weighted by Crippen LogP contribution is 2.26. The normalized spacial score (nSPS) is 10.4. The van der Waals surface area contributed by atoms with Crippen molar-refractivity contribution in [3.63, 3.8) is 0 Å². The fourth-order valence-corrected chi connectivity index (χ4v) is 2.25. The molecule has 0 spiro atoms. The van der Waals surface area contributed by atoms with E-state index in [1.807, 2.05) is 6.92 Å². The first-order valence-electron chi connectivity index (χ1n) is 5.95. The molecular formula is C15H11BrF2O2. The van der Waals surface area contributed by atoms with Crippen LogP contribution in [0.2, 0.25) is 0 Å². The molecule has 0 amide bonds. The van der Waals surface area contributed by atoms with Crippen LogP contribution in [0.15, 0.2) is 40.9 Å². The number of benzene rings is 2. The number of ketones is 1. The van der Waals surface area contributed by atoms with Crippen LogP contribution >= 0.6 is 15.9 Å². The van der Waals surface area contributed by atoms with Crippen LogP contribution in [-0.4, -0.2) is 12.4 Å². The first-order valence-corrected chi connectivity index (χ1v) is 6.75. The number of hydrogen-bond donors (Lipinski definition) is 0. The van der Waals surface area contributed by atoms with E-state index in [4.69, 9.17) is 4.74 Å². The van der Waals surface area contributed by atoms with E-state index in [-0.39, 0.29) is 10.0 Å². The lowest BCUT2D eigenvalue weighted by Crippen LogP contribution is -2.05. The average molecular weight is 341 g/mol. The van der Waals surface area contributed by atoms with Gasteiger partial charge in [-0.05, 0) is 47.1 Å². The molecule has 0 aliphatic heterocycles. The fraction of sp³-hybridized carbons (Fsp3) is 0.133. The van der Waals surface area contributed by atoms with Crippen LogP contribution in [0, 0.1) is 11.6 Å². The van der Waals surface area contributed by atoms with Crippen molar-refractivity contribution in [1.29, 1.82) is 0 Å². The Labute approximate surface area is 123 Å². The molecule has 0 aliphatic carbocycles.